The Labute approximate surface area is 220 Å². The Hall–Kier alpha value is -4.52. The van der Waals surface area contributed by atoms with Gasteiger partial charge >= 0.3 is 5.97 Å². The minimum atomic E-state index is -0.894. The van der Waals surface area contributed by atoms with Crippen molar-refractivity contribution < 1.29 is 19.6 Å². The summed E-state index contributed by atoms with van der Waals surface area (Å²) in [7, 11) is 0. The summed E-state index contributed by atoms with van der Waals surface area (Å²) in [5.74, 6) is -1.57. The van der Waals surface area contributed by atoms with Crippen LogP contribution in [0.4, 0.5) is 5.69 Å². The smallest absolute Gasteiger partial charge is 0.310 e. The molecule has 38 heavy (non-hydrogen) atoms. The van der Waals surface area contributed by atoms with Crippen molar-refractivity contribution in [1.82, 2.24) is 4.90 Å². The minimum Gasteiger partial charge on any atom is -0.481 e. The van der Waals surface area contributed by atoms with E-state index in [-0.39, 0.29) is 11.6 Å². The van der Waals surface area contributed by atoms with Gasteiger partial charge < -0.3 is 10.0 Å². The first-order valence-electron chi connectivity index (χ1n) is 12.6. The molecule has 0 saturated heterocycles. The molecule has 1 aliphatic carbocycles. The topological polar surface area (TPSA) is 101 Å². The molecule has 1 aliphatic heterocycles. The highest BCUT2D eigenvalue weighted by atomic mass is 16.6. The van der Waals surface area contributed by atoms with Gasteiger partial charge in [-0.05, 0) is 54.2 Å². The van der Waals surface area contributed by atoms with Gasteiger partial charge in [0.2, 0.25) is 0 Å². The van der Waals surface area contributed by atoms with Crippen molar-refractivity contribution in [3.8, 4) is 0 Å². The second kappa shape index (κ2) is 10.1. The minimum absolute atomic E-state index is 0.00325. The third-order valence-corrected chi connectivity index (χ3v) is 7.75. The summed E-state index contributed by atoms with van der Waals surface area (Å²) in [6.45, 7) is 2.72. The first kappa shape index (κ1) is 25.1. The Kier molecular flexibility index (Phi) is 6.68. The molecule has 0 saturated carbocycles. The van der Waals surface area contributed by atoms with Gasteiger partial charge in [0.25, 0.3) is 11.6 Å². The third kappa shape index (κ3) is 4.52. The van der Waals surface area contributed by atoms with Crippen LogP contribution in [-0.2, 0) is 23.2 Å². The highest BCUT2D eigenvalue weighted by molar-refractivity contribution is 5.94. The van der Waals surface area contributed by atoms with Gasteiger partial charge in [-0.3, -0.25) is 19.7 Å². The zero-order chi connectivity index (χ0) is 26.9. The molecule has 5 rings (SSSR count). The molecule has 0 aromatic heterocycles. The van der Waals surface area contributed by atoms with Crippen LogP contribution in [0.5, 0.6) is 0 Å². The van der Waals surface area contributed by atoms with E-state index in [1.54, 1.807) is 19.1 Å². The Morgan fingerprint density at radius 3 is 2.45 bits per heavy atom. The number of nitro groups is 1. The van der Waals surface area contributed by atoms with Crippen molar-refractivity contribution in [2.75, 3.05) is 6.54 Å². The molecule has 0 fully saturated rings. The van der Waals surface area contributed by atoms with Gasteiger partial charge in [-0.25, -0.2) is 0 Å². The summed E-state index contributed by atoms with van der Waals surface area (Å²) >= 11 is 0. The van der Waals surface area contributed by atoms with Crippen LogP contribution in [-0.4, -0.2) is 33.4 Å². The molecule has 0 spiro atoms. The predicted molar refractivity (Wildman–Crippen MR) is 144 cm³/mol. The van der Waals surface area contributed by atoms with E-state index in [1.807, 2.05) is 59.5 Å². The zero-order valence-corrected chi connectivity index (χ0v) is 21.0. The molecule has 2 atom stereocenters. The molecule has 3 aromatic carbocycles. The maximum Gasteiger partial charge on any atom is 0.310 e. The average Bonchev–Trinajstić information content (AvgIpc) is 2.96. The second-order valence-corrected chi connectivity index (χ2v) is 9.90. The summed E-state index contributed by atoms with van der Waals surface area (Å²) in [4.78, 5) is 37.8. The Balaban J connectivity index is 1.58. The normalized spacial score (nSPS) is 19.3. The Morgan fingerprint density at radius 2 is 1.76 bits per heavy atom. The van der Waals surface area contributed by atoms with Crippen LogP contribution in [0.3, 0.4) is 0 Å². The molecule has 1 N–H and O–H groups in total. The third-order valence-electron chi connectivity index (χ3n) is 7.75. The fourth-order valence-electron chi connectivity index (χ4n) is 5.62. The molecule has 1 heterocycles. The van der Waals surface area contributed by atoms with E-state index in [1.165, 1.54) is 12.1 Å². The molecule has 1 amide bonds. The molecular formula is C31H28N2O5. The van der Waals surface area contributed by atoms with Gasteiger partial charge in [0.05, 0.1) is 10.8 Å². The lowest BCUT2D eigenvalue weighted by Crippen LogP contribution is -2.38. The fourth-order valence-corrected chi connectivity index (χ4v) is 5.62. The molecule has 7 heteroatoms. The van der Waals surface area contributed by atoms with Crippen LogP contribution in [0.15, 0.2) is 96.6 Å². The molecule has 7 nitrogen and oxygen atoms in total. The van der Waals surface area contributed by atoms with Crippen LogP contribution in [0, 0.1) is 16.0 Å². The number of nitro benzene ring substituents is 1. The van der Waals surface area contributed by atoms with E-state index in [0.717, 1.165) is 27.8 Å². The van der Waals surface area contributed by atoms with Gasteiger partial charge in [0.1, 0.15) is 0 Å². The van der Waals surface area contributed by atoms with Crippen molar-refractivity contribution in [1.29, 1.82) is 0 Å². The molecule has 2 unspecified atom stereocenters. The summed E-state index contributed by atoms with van der Waals surface area (Å²) in [6, 6.07) is 21.9. The van der Waals surface area contributed by atoms with E-state index in [9.17, 15) is 24.8 Å². The lowest BCUT2D eigenvalue weighted by molar-refractivity contribution is -0.384. The number of allylic oxidation sites excluding steroid dienone is 3. The largest absolute Gasteiger partial charge is 0.481 e. The van der Waals surface area contributed by atoms with E-state index < -0.39 is 22.2 Å². The quantitative estimate of drug-likeness (QED) is 0.341. The van der Waals surface area contributed by atoms with Gasteiger partial charge in [-0.1, -0.05) is 72.3 Å². The van der Waals surface area contributed by atoms with E-state index in [4.69, 9.17) is 0 Å². The number of carboxylic acids is 1. The molecule has 192 valence electrons. The maximum absolute atomic E-state index is 13.1. The SMILES string of the molecule is CC(C(=O)O)C1=CC=CC(c2ccc([N+](=O)[O-])cc2)(c2cccc3c2CCN(C(=O)c2ccccc2)C3)C1. The van der Waals surface area contributed by atoms with Crippen LogP contribution in [0.1, 0.15) is 46.0 Å². The summed E-state index contributed by atoms with van der Waals surface area (Å²) in [5, 5.41) is 21.1. The number of hydrogen-bond donors (Lipinski definition) is 1. The highest BCUT2D eigenvalue weighted by Crippen LogP contribution is 2.46. The maximum atomic E-state index is 13.1. The predicted octanol–water partition coefficient (Wildman–Crippen LogP) is 5.69. The van der Waals surface area contributed by atoms with Gasteiger partial charge in [0, 0.05) is 36.2 Å². The Morgan fingerprint density at radius 1 is 1.03 bits per heavy atom. The van der Waals surface area contributed by atoms with Gasteiger partial charge in [0.15, 0.2) is 0 Å². The van der Waals surface area contributed by atoms with Crippen molar-refractivity contribution in [2.24, 2.45) is 5.92 Å². The lowest BCUT2D eigenvalue weighted by atomic mass is 9.65. The van der Waals surface area contributed by atoms with Crippen molar-refractivity contribution >= 4 is 17.6 Å². The van der Waals surface area contributed by atoms with Crippen molar-refractivity contribution in [2.45, 2.75) is 31.7 Å². The number of rotatable bonds is 6. The van der Waals surface area contributed by atoms with E-state index >= 15 is 0 Å². The molecule has 2 aliphatic rings. The number of benzene rings is 3. The van der Waals surface area contributed by atoms with Gasteiger partial charge in [-0.15, -0.1) is 0 Å². The number of fused-ring (bicyclic) bond motifs is 1. The first-order chi connectivity index (χ1) is 18.3. The van der Waals surface area contributed by atoms with Crippen molar-refractivity contribution in [3.63, 3.8) is 0 Å². The molecular weight excluding hydrogens is 480 g/mol. The Bertz CT molecular complexity index is 1460. The molecule has 0 radical (unpaired) electrons. The average molecular weight is 509 g/mol. The summed E-state index contributed by atoms with van der Waals surface area (Å²) in [5.41, 5.74) is 4.83. The number of carbonyl (C=O) groups excluding carboxylic acids is 1. The number of carboxylic acid groups (broad SMARTS) is 1. The number of carbonyl (C=O) groups is 2. The number of aliphatic carboxylic acids is 1. The lowest BCUT2D eigenvalue weighted by Gasteiger charge is -2.40. The standard InChI is InChI=1S/C31H28N2O5/c1-21(30(35)36)23-10-6-17-31(19-23,25-12-14-26(15-13-25)33(37)38)28-11-5-9-24-20-32(18-16-27(24)28)29(34)22-7-3-2-4-8-22/h2-15,17,21H,16,18-20H2,1H3,(H,35,36). The van der Waals surface area contributed by atoms with Crippen LogP contribution in [0.2, 0.25) is 0 Å². The number of non-ortho nitro benzene ring substituents is 1. The second-order valence-electron chi connectivity index (χ2n) is 9.90. The van der Waals surface area contributed by atoms with Crippen molar-refractivity contribution in [3.05, 3.63) is 135 Å². The number of amides is 1. The number of nitrogens with zero attached hydrogens (tertiary/aromatic N) is 2. The molecule has 0 bridgehead atoms. The first-order valence-corrected chi connectivity index (χ1v) is 12.6. The molecule has 3 aromatic rings. The van der Waals surface area contributed by atoms with Crippen LogP contribution >= 0.6 is 0 Å². The van der Waals surface area contributed by atoms with E-state index in [2.05, 4.69) is 12.1 Å². The van der Waals surface area contributed by atoms with E-state index in [0.29, 0.717) is 31.5 Å². The van der Waals surface area contributed by atoms with Crippen LogP contribution < -0.4 is 0 Å². The number of hydrogen-bond acceptors (Lipinski definition) is 4. The summed E-state index contributed by atoms with van der Waals surface area (Å²) < 4.78 is 0. The summed E-state index contributed by atoms with van der Waals surface area (Å²) in [6.07, 6.45) is 6.92. The zero-order valence-electron chi connectivity index (χ0n) is 21.0. The van der Waals surface area contributed by atoms with Crippen LogP contribution in [0.25, 0.3) is 0 Å². The fraction of sp³-hybridized carbons (Fsp3) is 0.226. The van der Waals surface area contributed by atoms with Gasteiger partial charge in [-0.2, -0.15) is 0 Å². The highest BCUT2D eigenvalue weighted by Gasteiger charge is 2.39. The monoisotopic (exact) mass is 508 g/mol.